The van der Waals surface area contributed by atoms with Crippen molar-refractivity contribution >= 4 is 17.9 Å². The van der Waals surface area contributed by atoms with Crippen LogP contribution in [-0.4, -0.2) is 37.2 Å². The van der Waals surface area contributed by atoms with Gasteiger partial charge in [0.15, 0.2) is 6.10 Å². The standard InChI is InChI=1S/C75H134O6/c1-4-7-10-13-16-19-22-25-27-29-30-31-32-33-34-35-36-37-38-39-40-41-42-43-44-45-46-47-49-50-53-56-59-62-65-68-74(77)80-71-72(70-79-73(76)67-64-61-58-55-52-24-21-18-15-12-9-6-3)81-75(78)69-66-63-60-57-54-51-48-28-26-23-20-17-14-11-8-5-2/h7,10,16,18-19,21,25,27,30-31,33-34,72H,4-6,8-9,11-15,17,20,22-24,26,28-29,32,35-71H2,1-3H3/b10-7-,19-16-,21-18-,27-25-,31-30-,34-33-. The largest absolute Gasteiger partial charge is 0.462 e. The molecule has 0 fully saturated rings. The van der Waals surface area contributed by atoms with Crippen molar-refractivity contribution in [1.82, 2.24) is 0 Å². The maximum absolute atomic E-state index is 12.9. The molecule has 0 aromatic rings. The zero-order valence-electron chi connectivity index (χ0n) is 54.1. The SMILES string of the molecule is CC/C=C\C/C=C\C/C=C\C/C=C\C/C=C\CCCCCCCCCCCCCCCCCCCCCC(=O)OCC(COC(=O)CCCCCCC/C=C\CCCCC)OC(=O)CCCCCCCCCCCCCCCCCC. The molecule has 0 spiro atoms. The molecule has 0 bridgehead atoms. The average molecular weight is 1130 g/mol. The van der Waals surface area contributed by atoms with E-state index in [0.29, 0.717) is 19.3 Å². The predicted molar refractivity (Wildman–Crippen MR) is 353 cm³/mol. The molecular weight excluding hydrogens is 997 g/mol. The minimum Gasteiger partial charge on any atom is -0.462 e. The highest BCUT2D eigenvalue weighted by atomic mass is 16.6. The second-order valence-corrected chi connectivity index (χ2v) is 23.8. The number of unbranched alkanes of at least 4 members (excludes halogenated alkanes) is 42. The van der Waals surface area contributed by atoms with Crippen molar-refractivity contribution in [2.45, 2.75) is 374 Å². The first-order valence-corrected chi connectivity index (χ1v) is 35.4. The van der Waals surface area contributed by atoms with Crippen LogP contribution in [0.4, 0.5) is 0 Å². The third kappa shape index (κ3) is 67.5. The van der Waals surface area contributed by atoms with E-state index in [-0.39, 0.29) is 31.1 Å². The molecule has 0 aliphatic heterocycles. The Morgan fingerprint density at radius 1 is 0.259 bits per heavy atom. The molecule has 6 heteroatoms. The summed E-state index contributed by atoms with van der Waals surface area (Å²) in [5.41, 5.74) is 0. The molecule has 0 saturated heterocycles. The van der Waals surface area contributed by atoms with Crippen molar-refractivity contribution in [1.29, 1.82) is 0 Å². The molecule has 0 heterocycles. The van der Waals surface area contributed by atoms with Gasteiger partial charge in [0, 0.05) is 19.3 Å². The van der Waals surface area contributed by atoms with Crippen LogP contribution < -0.4 is 0 Å². The van der Waals surface area contributed by atoms with E-state index in [2.05, 4.69) is 93.7 Å². The number of esters is 3. The molecule has 1 atom stereocenters. The first-order valence-electron chi connectivity index (χ1n) is 35.4. The predicted octanol–water partition coefficient (Wildman–Crippen LogP) is 24.4. The summed E-state index contributed by atoms with van der Waals surface area (Å²) in [5.74, 6) is -0.857. The van der Waals surface area contributed by atoms with Crippen molar-refractivity contribution in [2.75, 3.05) is 13.2 Å². The molecule has 0 aliphatic carbocycles. The Morgan fingerprint density at radius 2 is 0.481 bits per heavy atom. The highest BCUT2D eigenvalue weighted by Crippen LogP contribution is 2.18. The van der Waals surface area contributed by atoms with Crippen LogP contribution in [0.3, 0.4) is 0 Å². The van der Waals surface area contributed by atoms with Gasteiger partial charge in [-0.25, -0.2) is 0 Å². The Labute approximate surface area is 503 Å². The second-order valence-electron chi connectivity index (χ2n) is 23.8. The smallest absolute Gasteiger partial charge is 0.306 e. The van der Waals surface area contributed by atoms with Gasteiger partial charge in [-0.05, 0) is 89.9 Å². The fourth-order valence-corrected chi connectivity index (χ4v) is 10.4. The summed E-state index contributed by atoms with van der Waals surface area (Å²) in [4.78, 5) is 38.3. The van der Waals surface area contributed by atoms with Crippen molar-refractivity contribution in [3.05, 3.63) is 72.9 Å². The van der Waals surface area contributed by atoms with E-state index < -0.39 is 6.10 Å². The lowest BCUT2D eigenvalue weighted by Gasteiger charge is -2.18. The number of ether oxygens (including phenoxy) is 3. The van der Waals surface area contributed by atoms with Gasteiger partial charge in [0.1, 0.15) is 13.2 Å². The summed E-state index contributed by atoms with van der Waals surface area (Å²) in [6.07, 6.45) is 90.9. The molecule has 0 amide bonds. The Balaban J connectivity index is 4.08. The van der Waals surface area contributed by atoms with Gasteiger partial charge in [0.25, 0.3) is 0 Å². The molecule has 0 N–H and O–H groups in total. The van der Waals surface area contributed by atoms with E-state index in [1.807, 2.05) is 0 Å². The summed E-state index contributed by atoms with van der Waals surface area (Å²) in [5, 5.41) is 0. The monoisotopic (exact) mass is 1130 g/mol. The molecule has 81 heavy (non-hydrogen) atoms. The molecule has 0 radical (unpaired) electrons. The topological polar surface area (TPSA) is 78.9 Å². The molecule has 0 aromatic heterocycles. The van der Waals surface area contributed by atoms with Gasteiger partial charge in [-0.3, -0.25) is 14.4 Å². The highest BCUT2D eigenvalue weighted by molar-refractivity contribution is 5.71. The maximum atomic E-state index is 12.9. The van der Waals surface area contributed by atoms with Gasteiger partial charge in [-0.1, -0.05) is 331 Å². The fraction of sp³-hybridized carbons (Fsp3) is 0.800. The van der Waals surface area contributed by atoms with Gasteiger partial charge in [0.2, 0.25) is 0 Å². The van der Waals surface area contributed by atoms with Gasteiger partial charge >= 0.3 is 17.9 Å². The van der Waals surface area contributed by atoms with Crippen LogP contribution in [0.2, 0.25) is 0 Å². The van der Waals surface area contributed by atoms with Crippen molar-refractivity contribution in [2.24, 2.45) is 0 Å². The number of hydrogen-bond donors (Lipinski definition) is 0. The lowest BCUT2D eigenvalue weighted by atomic mass is 10.0. The molecule has 0 aliphatic rings. The van der Waals surface area contributed by atoms with Crippen LogP contribution in [0.15, 0.2) is 72.9 Å². The zero-order chi connectivity index (χ0) is 58.5. The van der Waals surface area contributed by atoms with E-state index in [4.69, 9.17) is 14.2 Å². The lowest BCUT2D eigenvalue weighted by Crippen LogP contribution is -2.30. The van der Waals surface area contributed by atoms with Gasteiger partial charge in [0.05, 0.1) is 0 Å². The third-order valence-electron chi connectivity index (χ3n) is 15.7. The normalized spacial score (nSPS) is 12.5. The van der Waals surface area contributed by atoms with E-state index in [0.717, 1.165) is 96.3 Å². The average Bonchev–Trinajstić information content (AvgIpc) is 3.47. The van der Waals surface area contributed by atoms with Crippen molar-refractivity contribution in [3.8, 4) is 0 Å². The fourth-order valence-electron chi connectivity index (χ4n) is 10.4. The van der Waals surface area contributed by atoms with Crippen LogP contribution >= 0.6 is 0 Å². The summed E-state index contributed by atoms with van der Waals surface area (Å²) in [6, 6.07) is 0. The molecule has 6 nitrogen and oxygen atoms in total. The molecule has 0 rings (SSSR count). The van der Waals surface area contributed by atoms with Crippen LogP contribution in [0.5, 0.6) is 0 Å². The molecule has 0 aromatic carbocycles. The van der Waals surface area contributed by atoms with Crippen molar-refractivity contribution in [3.63, 3.8) is 0 Å². The van der Waals surface area contributed by atoms with Crippen LogP contribution in [0, 0.1) is 0 Å². The Hall–Kier alpha value is -3.15. The van der Waals surface area contributed by atoms with Crippen LogP contribution in [0.1, 0.15) is 367 Å². The highest BCUT2D eigenvalue weighted by Gasteiger charge is 2.19. The summed E-state index contributed by atoms with van der Waals surface area (Å²) >= 11 is 0. The second kappa shape index (κ2) is 69.3. The van der Waals surface area contributed by atoms with Gasteiger partial charge < -0.3 is 14.2 Å². The molecule has 1 unspecified atom stereocenters. The molecule has 0 saturated carbocycles. The zero-order valence-corrected chi connectivity index (χ0v) is 54.1. The van der Waals surface area contributed by atoms with Crippen LogP contribution in [-0.2, 0) is 28.6 Å². The lowest BCUT2D eigenvalue weighted by molar-refractivity contribution is -0.167. The maximum Gasteiger partial charge on any atom is 0.306 e. The van der Waals surface area contributed by atoms with E-state index in [1.54, 1.807) is 0 Å². The first-order chi connectivity index (χ1) is 40.0. The van der Waals surface area contributed by atoms with Gasteiger partial charge in [-0.2, -0.15) is 0 Å². The number of carbonyl (C=O) groups is 3. The van der Waals surface area contributed by atoms with E-state index in [9.17, 15) is 14.4 Å². The van der Waals surface area contributed by atoms with Crippen LogP contribution in [0.25, 0.3) is 0 Å². The number of rotatable bonds is 65. The summed E-state index contributed by atoms with van der Waals surface area (Å²) < 4.78 is 16.9. The van der Waals surface area contributed by atoms with E-state index in [1.165, 1.54) is 231 Å². The first kappa shape index (κ1) is 77.9. The Bertz CT molecular complexity index is 1490. The Kier molecular flexibility index (Phi) is 66.6. The minimum atomic E-state index is -0.774. The molecule has 470 valence electrons. The quantitative estimate of drug-likeness (QED) is 0.0261. The Morgan fingerprint density at radius 3 is 0.790 bits per heavy atom. The minimum absolute atomic E-state index is 0.0713. The summed E-state index contributed by atoms with van der Waals surface area (Å²) in [6.45, 7) is 6.55. The number of hydrogen-bond acceptors (Lipinski definition) is 6. The third-order valence-corrected chi connectivity index (χ3v) is 15.7. The number of carbonyl (C=O) groups excluding carboxylic acids is 3. The van der Waals surface area contributed by atoms with E-state index >= 15 is 0 Å². The summed E-state index contributed by atoms with van der Waals surface area (Å²) in [7, 11) is 0. The van der Waals surface area contributed by atoms with Crippen molar-refractivity contribution < 1.29 is 28.6 Å². The molecular formula is C75H134O6. The number of allylic oxidation sites excluding steroid dienone is 12. The van der Waals surface area contributed by atoms with Gasteiger partial charge in [-0.15, -0.1) is 0 Å².